The van der Waals surface area contributed by atoms with Crippen molar-refractivity contribution in [2.24, 2.45) is 0 Å². The highest BCUT2D eigenvalue weighted by atomic mass is 16.1. The van der Waals surface area contributed by atoms with Crippen molar-refractivity contribution in [1.82, 2.24) is 34.8 Å². The lowest BCUT2D eigenvalue weighted by Gasteiger charge is -2.11. The minimum Gasteiger partial charge on any atom is -0.349 e. The standard InChI is InChI=1S/C20H17N7O/c1-12-3-4-13(20(28)26-14-5-6-14)9-15(12)27-11-25-17-16(23-10-24-19(17)27)18-21-7-2-8-22-18/h2-4,7-11,14H,5-6H2,1H3,(H,26,28). The number of fused-ring (bicyclic) bond motifs is 1. The van der Waals surface area contributed by atoms with Crippen LogP contribution in [0.4, 0.5) is 0 Å². The third-order valence-electron chi connectivity index (χ3n) is 4.75. The average Bonchev–Trinajstić information content (AvgIpc) is 3.44. The van der Waals surface area contributed by atoms with E-state index in [0.29, 0.717) is 34.3 Å². The van der Waals surface area contributed by atoms with E-state index in [0.717, 1.165) is 24.1 Å². The van der Waals surface area contributed by atoms with Crippen LogP contribution in [0.3, 0.4) is 0 Å². The highest BCUT2D eigenvalue weighted by molar-refractivity contribution is 5.95. The van der Waals surface area contributed by atoms with Gasteiger partial charge in [0.2, 0.25) is 0 Å². The topological polar surface area (TPSA) is 98.5 Å². The minimum absolute atomic E-state index is 0.0545. The second-order valence-electron chi connectivity index (χ2n) is 6.83. The van der Waals surface area contributed by atoms with Crippen LogP contribution in [0, 0.1) is 6.92 Å². The number of benzene rings is 1. The van der Waals surface area contributed by atoms with E-state index in [4.69, 9.17) is 0 Å². The van der Waals surface area contributed by atoms with Gasteiger partial charge in [-0.15, -0.1) is 0 Å². The number of nitrogens with zero attached hydrogens (tertiary/aromatic N) is 6. The molecule has 5 rings (SSSR count). The second-order valence-corrected chi connectivity index (χ2v) is 6.83. The van der Waals surface area contributed by atoms with E-state index in [2.05, 4.69) is 30.2 Å². The number of imidazole rings is 1. The molecule has 3 heterocycles. The molecule has 0 spiro atoms. The molecule has 0 bridgehead atoms. The molecule has 0 aliphatic heterocycles. The Balaban J connectivity index is 1.61. The van der Waals surface area contributed by atoms with Crippen molar-refractivity contribution in [2.45, 2.75) is 25.8 Å². The maximum atomic E-state index is 12.5. The largest absolute Gasteiger partial charge is 0.349 e. The molecule has 1 amide bonds. The SMILES string of the molecule is Cc1ccc(C(=O)NC2CC2)cc1-n1cnc2c(-c3ncccn3)ncnc21. The van der Waals surface area contributed by atoms with Crippen molar-refractivity contribution in [2.75, 3.05) is 0 Å². The van der Waals surface area contributed by atoms with Crippen LogP contribution in [0.15, 0.2) is 49.3 Å². The van der Waals surface area contributed by atoms with E-state index in [9.17, 15) is 4.79 Å². The molecule has 4 aromatic rings. The lowest BCUT2D eigenvalue weighted by atomic mass is 10.1. The summed E-state index contributed by atoms with van der Waals surface area (Å²) in [6.45, 7) is 1.99. The van der Waals surface area contributed by atoms with Crippen LogP contribution >= 0.6 is 0 Å². The van der Waals surface area contributed by atoms with Gasteiger partial charge in [0.05, 0.1) is 5.69 Å². The monoisotopic (exact) mass is 371 g/mol. The lowest BCUT2D eigenvalue weighted by molar-refractivity contribution is 0.0951. The van der Waals surface area contributed by atoms with E-state index in [1.165, 1.54) is 6.33 Å². The Morgan fingerprint density at radius 2 is 1.93 bits per heavy atom. The summed E-state index contributed by atoms with van der Waals surface area (Å²) in [5, 5.41) is 3.02. The molecule has 8 nitrogen and oxygen atoms in total. The van der Waals surface area contributed by atoms with Crippen LogP contribution in [0.2, 0.25) is 0 Å². The van der Waals surface area contributed by atoms with Gasteiger partial charge in [-0.2, -0.15) is 0 Å². The number of nitrogens with one attached hydrogen (secondary N) is 1. The Bertz CT molecular complexity index is 1180. The molecule has 3 aromatic heterocycles. The fraction of sp³-hybridized carbons (Fsp3) is 0.200. The highest BCUT2D eigenvalue weighted by Gasteiger charge is 2.24. The Morgan fingerprint density at radius 3 is 2.71 bits per heavy atom. The van der Waals surface area contributed by atoms with Gasteiger partial charge in [0.15, 0.2) is 11.5 Å². The van der Waals surface area contributed by atoms with Crippen molar-refractivity contribution in [1.29, 1.82) is 0 Å². The first kappa shape index (κ1) is 16.5. The molecule has 138 valence electrons. The zero-order valence-electron chi connectivity index (χ0n) is 15.2. The van der Waals surface area contributed by atoms with Gasteiger partial charge in [-0.3, -0.25) is 9.36 Å². The number of hydrogen-bond acceptors (Lipinski definition) is 6. The van der Waals surface area contributed by atoms with E-state index in [-0.39, 0.29) is 5.91 Å². The maximum Gasteiger partial charge on any atom is 0.251 e. The van der Waals surface area contributed by atoms with E-state index in [1.807, 2.05) is 29.7 Å². The fourth-order valence-electron chi connectivity index (χ4n) is 3.10. The third kappa shape index (κ3) is 2.88. The fourth-order valence-corrected chi connectivity index (χ4v) is 3.10. The molecular weight excluding hydrogens is 354 g/mol. The third-order valence-corrected chi connectivity index (χ3v) is 4.75. The van der Waals surface area contributed by atoms with Gasteiger partial charge in [-0.05, 0) is 43.5 Å². The van der Waals surface area contributed by atoms with Gasteiger partial charge < -0.3 is 5.32 Å². The van der Waals surface area contributed by atoms with Crippen molar-refractivity contribution in [3.05, 3.63) is 60.4 Å². The molecule has 1 saturated carbocycles. The summed E-state index contributed by atoms with van der Waals surface area (Å²) in [4.78, 5) is 34.2. The van der Waals surface area contributed by atoms with Gasteiger partial charge >= 0.3 is 0 Å². The first-order chi connectivity index (χ1) is 13.7. The number of amides is 1. The van der Waals surface area contributed by atoms with E-state index in [1.54, 1.807) is 24.8 Å². The smallest absolute Gasteiger partial charge is 0.251 e. The Morgan fingerprint density at radius 1 is 1.11 bits per heavy atom. The summed E-state index contributed by atoms with van der Waals surface area (Å²) in [6.07, 6.45) is 8.61. The van der Waals surface area contributed by atoms with Crippen LogP contribution in [0.5, 0.6) is 0 Å². The summed E-state index contributed by atoms with van der Waals surface area (Å²) in [7, 11) is 0. The summed E-state index contributed by atoms with van der Waals surface area (Å²) in [6, 6.07) is 7.71. The number of carbonyl (C=O) groups is 1. The van der Waals surface area contributed by atoms with Crippen LogP contribution < -0.4 is 5.32 Å². The van der Waals surface area contributed by atoms with E-state index < -0.39 is 0 Å². The van der Waals surface area contributed by atoms with Gasteiger partial charge in [0.25, 0.3) is 5.91 Å². The second kappa shape index (κ2) is 6.49. The Kier molecular flexibility index (Phi) is 3.82. The van der Waals surface area contributed by atoms with Gasteiger partial charge in [0, 0.05) is 24.0 Å². The Labute approximate surface area is 160 Å². The number of hydrogen-bond donors (Lipinski definition) is 1. The molecule has 28 heavy (non-hydrogen) atoms. The van der Waals surface area contributed by atoms with Crippen molar-refractivity contribution in [3.63, 3.8) is 0 Å². The van der Waals surface area contributed by atoms with Crippen LogP contribution in [-0.2, 0) is 0 Å². The van der Waals surface area contributed by atoms with Crippen molar-refractivity contribution < 1.29 is 4.79 Å². The molecule has 8 heteroatoms. The lowest BCUT2D eigenvalue weighted by Crippen LogP contribution is -2.25. The van der Waals surface area contributed by atoms with Crippen LogP contribution in [0.25, 0.3) is 28.4 Å². The predicted octanol–water partition coefficient (Wildman–Crippen LogP) is 2.47. The van der Waals surface area contributed by atoms with Crippen LogP contribution in [0.1, 0.15) is 28.8 Å². The average molecular weight is 371 g/mol. The van der Waals surface area contributed by atoms with E-state index >= 15 is 0 Å². The molecular formula is C20H17N7O. The molecule has 1 aromatic carbocycles. The maximum absolute atomic E-state index is 12.5. The van der Waals surface area contributed by atoms with Gasteiger partial charge in [0.1, 0.15) is 23.9 Å². The molecule has 0 radical (unpaired) electrons. The molecule has 0 atom stereocenters. The summed E-state index contributed by atoms with van der Waals surface area (Å²) < 4.78 is 1.87. The highest BCUT2D eigenvalue weighted by Crippen LogP contribution is 2.26. The number of rotatable bonds is 4. The summed E-state index contributed by atoms with van der Waals surface area (Å²) in [5.74, 6) is 0.440. The molecule has 1 fully saturated rings. The first-order valence-electron chi connectivity index (χ1n) is 9.08. The number of aromatic nitrogens is 6. The van der Waals surface area contributed by atoms with Crippen molar-refractivity contribution in [3.8, 4) is 17.2 Å². The molecule has 1 aliphatic rings. The molecule has 1 aliphatic carbocycles. The summed E-state index contributed by atoms with van der Waals surface area (Å²) in [5.41, 5.74) is 4.31. The number of carbonyl (C=O) groups excluding carboxylic acids is 1. The minimum atomic E-state index is -0.0545. The molecule has 0 saturated heterocycles. The number of aryl methyl sites for hydroxylation is 1. The Hall–Kier alpha value is -3.68. The summed E-state index contributed by atoms with van der Waals surface area (Å²) >= 11 is 0. The normalized spacial score (nSPS) is 13.6. The molecule has 0 unspecified atom stereocenters. The van der Waals surface area contributed by atoms with Crippen molar-refractivity contribution >= 4 is 17.1 Å². The van der Waals surface area contributed by atoms with Crippen LogP contribution in [-0.4, -0.2) is 41.4 Å². The first-order valence-corrected chi connectivity index (χ1v) is 9.08. The van der Waals surface area contributed by atoms with Gasteiger partial charge in [-0.25, -0.2) is 24.9 Å². The molecule has 1 N–H and O–H groups in total. The zero-order valence-corrected chi connectivity index (χ0v) is 15.2. The zero-order chi connectivity index (χ0) is 19.1. The van der Waals surface area contributed by atoms with Gasteiger partial charge in [-0.1, -0.05) is 6.07 Å². The predicted molar refractivity (Wildman–Crippen MR) is 103 cm³/mol. The quantitative estimate of drug-likeness (QED) is 0.592.